The average molecular weight is 489 g/mol. The predicted molar refractivity (Wildman–Crippen MR) is 129 cm³/mol. The summed E-state index contributed by atoms with van der Waals surface area (Å²) in [5, 5.41) is 7.06. The van der Waals surface area contributed by atoms with Gasteiger partial charge in [0.05, 0.1) is 33.5 Å². The summed E-state index contributed by atoms with van der Waals surface area (Å²) in [5.74, 6) is -0.140. The number of aromatic nitrogens is 4. The summed E-state index contributed by atoms with van der Waals surface area (Å²) < 4.78 is 42.7. The minimum absolute atomic E-state index is 0.0478. The fraction of sp³-hybridized carbons (Fsp3) is 0.0769. The van der Waals surface area contributed by atoms with Crippen LogP contribution in [0.2, 0.25) is 0 Å². The van der Waals surface area contributed by atoms with Gasteiger partial charge in [0, 0.05) is 18.0 Å². The van der Waals surface area contributed by atoms with Crippen LogP contribution in [0.15, 0.2) is 90.0 Å². The Hall–Kier alpha value is -4.73. The van der Waals surface area contributed by atoms with Crippen molar-refractivity contribution in [1.29, 1.82) is 0 Å². The quantitative estimate of drug-likeness (QED) is 0.379. The lowest BCUT2D eigenvalue weighted by Gasteiger charge is -2.15. The molecule has 0 spiro atoms. The average Bonchev–Trinajstić information content (AvgIpc) is 3.39. The van der Waals surface area contributed by atoms with E-state index in [0.717, 1.165) is 12.1 Å². The Bertz CT molecular complexity index is 1640. The molecule has 180 valence electrons. The van der Waals surface area contributed by atoms with Crippen LogP contribution >= 0.6 is 0 Å². The van der Waals surface area contributed by atoms with Gasteiger partial charge in [0.15, 0.2) is 0 Å². The number of fused-ring (bicyclic) bond motifs is 1. The highest BCUT2D eigenvalue weighted by Gasteiger charge is 2.31. The highest BCUT2D eigenvalue weighted by Crippen LogP contribution is 2.33. The van der Waals surface area contributed by atoms with E-state index in [2.05, 4.69) is 15.4 Å². The van der Waals surface area contributed by atoms with E-state index in [1.165, 1.54) is 33.6 Å². The number of nitrogens with one attached hydrogen (secondary N) is 1. The highest BCUT2D eigenvalue weighted by atomic mass is 19.4. The molecule has 1 amide bonds. The lowest BCUT2D eigenvalue weighted by molar-refractivity contribution is -0.137. The zero-order chi connectivity index (χ0) is 25.4. The van der Waals surface area contributed by atoms with Gasteiger partial charge in [0.25, 0.3) is 11.5 Å². The smallest absolute Gasteiger partial charge is 0.320 e. The molecular weight excluding hydrogens is 471 g/mol. The second-order valence-electron chi connectivity index (χ2n) is 8.00. The highest BCUT2D eigenvalue weighted by molar-refractivity contribution is 6.05. The van der Waals surface area contributed by atoms with E-state index in [-0.39, 0.29) is 22.5 Å². The lowest BCUT2D eigenvalue weighted by atomic mass is 10.1. The van der Waals surface area contributed by atoms with E-state index in [4.69, 9.17) is 0 Å². The molecular formula is C26H18F3N5O2. The molecule has 0 aliphatic carbocycles. The maximum absolute atomic E-state index is 13.3. The van der Waals surface area contributed by atoms with Crippen LogP contribution in [-0.4, -0.2) is 25.2 Å². The van der Waals surface area contributed by atoms with Crippen LogP contribution in [0, 0.1) is 6.92 Å². The van der Waals surface area contributed by atoms with Gasteiger partial charge in [-0.1, -0.05) is 12.1 Å². The molecule has 0 saturated carbocycles. The van der Waals surface area contributed by atoms with Crippen molar-refractivity contribution >= 4 is 22.5 Å². The number of carbonyl (C=O) groups excluding carboxylic acids is 1. The Labute approximate surface area is 202 Å². The standard InChI is InChI=1S/C26H18F3N5O2/c1-16-31-21-6-3-2-5-20(21)25(36)34(16)19-10-7-17(8-11-19)24(35)32-22-15-18(26(27,28)29)9-12-23(22)33-14-4-13-30-33/h2-15H,1H3,(H,32,35). The van der Waals surface area contributed by atoms with E-state index in [9.17, 15) is 22.8 Å². The topological polar surface area (TPSA) is 81.8 Å². The third-order valence-electron chi connectivity index (χ3n) is 5.65. The molecule has 7 nitrogen and oxygen atoms in total. The van der Waals surface area contributed by atoms with Crippen molar-refractivity contribution in [3.05, 3.63) is 112 Å². The zero-order valence-electron chi connectivity index (χ0n) is 18.8. The normalized spacial score (nSPS) is 11.6. The van der Waals surface area contributed by atoms with Crippen LogP contribution in [-0.2, 0) is 6.18 Å². The molecule has 36 heavy (non-hydrogen) atoms. The van der Waals surface area contributed by atoms with Crippen LogP contribution in [0.25, 0.3) is 22.3 Å². The van der Waals surface area contributed by atoms with Crippen molar-refractivity contribution in [1.82, 2.24) is 19.3 Å². The summed E-state index contributed by atoms with van der Waals surface area (Å²) in [7, 11) is 0. The Balaban J connectivity index is 1.48. The van der Waals surface area contributed by atoms with Gasteiger partial charge in [0.2, 0.25) is 0 Å². The number of rotatable bonds is 4. The monoisotopic (exact) mass is 489 g/mol. The minimum Gasteiger partial charge on any atom is -0.320 e. The first-order valence-corrected chi connectivity index (χ1v) is 10.8. The fourth-order valence-electron chi connectivity index (χ4n) is 3.93. The van der Waals surface area contributed by atoms with Gasteiger partial charge >= 0.3 is 6.18 Å². The van der Waals surface area contributed by atoms with Crippen molar-refractivity contribution in [3.8, 4) is 11.4 Å². The van der Waals surface area contributed by atoms with Crippen molar-refractivity contribution in [2.24, 2.45) is 0 Å². The van der Waals surface area contributed by atoms with Crippen LogP contribution in [0.5, 0.6) is 0 Å². The van der Waals surface area contributed by atoms with E-state index in [1.54, 1.807) is 55.6 Å². The molecule has 2 aromatic heterocycles. The van der Waals surface area contributed by atoms with Gasteiger partial charge in [-0.05, 0) is 67.6 Å². The Morgan fingerprint density at radius 1 is 0.972 bits per heavy atom. The molecule has 10 heteroatoms. The largest absolute Gasteiger partial charge is 0.416 e. The molecule has 2 heterocycles. The number of carbonyl (C=O) groups is 1. The molecule has 0 saturated heterocycles. The Morgan fingerprint density at radius 3 is 2.42 bits per heavy atom. The molecule has 0 aliphatic rings. The van der Waals surface area contributed by atoms with Gasteiger partial charge in [-0.25, -0.2) is 9.67 Å². The van der Waals surface area contributed by atoms with Crippen molar-refractivity contribution in [3.63, 3.8) is 0 Å². The van der Waals surface area contributed by atoms with Crippen LogP contribution in [0.4, 0.5) is 18.9 Å². The summed E-state index contributed by atoms with van der Waals surface area (Å²) in [6.45, 7) is 1.71. The van der Waals surface area contributed by atoms with Crippen molar-refractivity contribution in [2.75, 3.05) is 5.32 Å². The number of benzene rings is 3. The molecule has 0 radical (unpaired) electrons. The summed E-state index contributed by atoms with van der Waals surface area (Å²) in [6, 6.07) is 17.8. The Morgan fingerprint density at radius 2 is 1.72 bits per heavy atom. The minimum atomic E-state index is -4.58. The van der Waals surface area contributed by atoms with E-state index in [1.807, 2.05) is 0 Å². The number of amides is 1. The van der Waals surface area contributed by atoms with Crippen LogP contribution < -0.4 is 10.9 Å². The fourth-order valence-corrected chi connectivity index (χ4v) is 3.93. The first-order valence-electron chi connectivity index (χ1n) is 10.8. The number of hydrogen-bond donors (Lipinski definition) is 1. The van der Waals surface area contributed by atoms with Crippen LogP contribution in [0.3, 0.4) is 0 Å². The van der Waals surface area contributed by atoms with E-state index in [0.29, 0.717) is 22.4 Å². The van der Waals surface area contributed by atoms with E-state index < -0.39 is 17.6 Å². The summed E-state index contributed by atoms with van der Waals surface area (Å²) in [5.41, 5.74) is 0.369. The van der Waals surface area contributed by atoms with Gasteiger partial charge in [-0.3, -0.25) is 14.2 Å². The molecule has 3 aromatic carbocycles. The summed E-state index contributed by atoms with van der Waals surface area (Å²) >= 11 is 0. The van der Waals surface area contributed by atoms with Gasteiger partial charge in [-0.15, -0.1) is 0 Å². The number of alkyl halides is 3. The van der Waals surface area contributed by atoms with Crippen molar-refractivity contribution < 1.29 is 18.0 Å². The Kier molecular flexibility index (Phi) is 5.63. The molecule has 0 atom stereocenters. The first kappa shape index (κ1) is 23.0. The SMILES string of the molecule is Cc1nc2ccccc2c(=O)n1-c1ccc(C(=O)Nc2cc(C(F)(F)F)ccc2-n2cccn2)cc1. The van der Waals surface area contributed by atoms with Crippen LogP contribution in [0.1, 0.15) is 21.7 Å². The zero-order valence-corrected chi connectivity index (χ0v) is 18.8. The number of aryl methyl sites for hydroxylation is 1. The van der Waals surface area contributed by atoms with Crippen molar-refractivity contribution in [2.45, 2.75) is 13.1 Å². The number of nitrogens with zero attached hydrogens (tertiary/aromatic N) is 4. The number of hydrogen-bond acceptors (Lipinski definition) is 4. The molecule has 0 aliphatic heterocycles. The number of para-hydroxylation sites is 1. The van der Waals surface area contributed by atoms with Gasteiger partial charge in [0.1, 0.15) is 5.82 Å². The lowest BCUT2D eigenvalue weighted by Crippen LogP contribution is -2.22. The number of anilines is 1. The molecule has 0 fully saturated rings. The molecule has 0 bridgehead atoms. The second kappa shape index (κ2) is 8.81. The molecule has 0 unspecified atom stereocenters. The third kappa shape index (κ3) is 4.24. The summed E-state index contributed by atoms with van der Waals surface area (Å²) in [6.07, 6.45) is -1.54. The maximum atomic E-state index is 13.3. The van der Waals surface area contributed by atoms with E-state index >= 15 is 0 Å². The first-order chi connectivity index (χ1) is 17.2. The maximum Gasteiger partial charge on any atom is 0.416 e. The van der Waals surface area contributed by atoms with Gasteiger partial charge in [-0.2, -0.15) is 18.3 Å². The third-order valence-corrected chi connectivity index (χ3v) is 5.65. The number of halogens is 3. The summed E-state index contributed by atoms with van der Waals surface area (Å²) in [4.78, 5) is 30.4. The second-order valence-corrected chi connectivity index (χ2v) is 8.00. The molecule has 5 rings (SSSR count). The predicted octanol–water partition coefficient (Wildman–Crippen LogP) is 5.15. The molecule has 1 N–H and O–H groups in total. The molecule has 5 aromatic rings. The van der Waals surface area contributed by atoms with Gasteiger partial charge < -0.3 is 5.32 Å².